The van der Waals surface area contributed by atoms with E-state index in [0.29, 0.717) is 18.7 Å². The summed E-state index contributed by atoms with van der Waals surface area (Å²) in [6.45, 7) is 3.65. The van der Waals surface area contributed by atoms with Gasteiger partial charge in [0.1, 0.15) is 0 Å². The molecule has 162 valence electrons. The third-order valence-electron chi connectivity index (χ3n) is 5.49. The van der Waals surface area contributed by atoms with Gasteiger partial charge in [-0.05, 0) is 63.2 Å². The lowest BCUT2D eigenvalue weighted by atomic mass is 10.1. The first-order chi connectivity index (χ1) is 14.3. The molecular formula is C23H31N3O3S. The van der Waals surface area contributed by atoms with Gasteiger partial charge in [0.05, 0.1) is 4.90 Å². The van der Waals surface area contributed by atoms with Crippen molar-refractivity contribution in [3.05, 3.63) is 65.2 Å². The van der Waals surface area contributed by atoms with Gasteiger partial charge in [-0.1, -0.05) is 36.8 Å². The lowest BCUT2D eigenvalue weighted by Crippen LogP contribution is -2.42. The zero-order valence-corrected chi connectivity index (χ0v) is 18.8. The van der Waals surface area contributed by atoms with Gasteiger partial charge in [-0.15, -0.1) is 0 Å². The fourth-order valence-electron chi connectivity index (χ4n) is 3.86. The lowest BCUT2D eigenvalue weighted by Gasteiger charge is -2.32. The molecule has 3 rings (SSSR count). The van der Waals surface area contributed by atoms with Crippen LogP contribution in [0.4, 0.5) is 0 Å². The van der Waals surface area contributed by atoms with Gasteiger partial charge >= 0.3 is 0 Å². The van der Waals surface area contributed by atoms with Crippen molar-refractivity contribution in [1.29, 1.82) is 0 Å². The summed E-state index contributed by atoms with van der Waals surface area (Å²) < 4.78 is 27.7. The van der Waals surface area contributed by atoms with E-state index in [1.54, 1.807) is 22.5 Å². The molecule has 2 aromatic carbocycles. The number of nitrogens with zero attached hydrogens (tertiary/aromatic N) is 2. The summed E-state index contributed by atoms with van der Waals surface area (Å²) in [6, 6.07) is 14.3. The van der Waals surface area contributed by atoms with E-state index < -0.39 is 10.0 Å². The van der Waals surface area contributed by atoms with Crippen molar-refractivity contribution in [2.45, 2.75) is 50.2 Å². The number of carbonyl (C=O) groups is 1. The Balaban J connectivity index is 1.74. The largest absolute Gasteiger partial charge is 0.348 e. The van der Waals surface area contributed by atoms with Crippen molar-refractivity contribution in [1.82, 2.24) is 14.5 Å². The molecule has 1 atom stereocenters. The van der Waals surface area contributed by atoms with E-state index in [2.05, 4.69) is 16.3 Å². The van der Waals surface area contributed by atoms with Crippen molar-refractivity contribution in [3.8, 4) is 0 Å². The number of nitrogens with one attached hydrogen (secondary N) is 1. The summed E-state index contributed by atoms with van der Waals surface area (Å²) in [7, 11) is 0.402. The molecule has 0 spiro atoms. The fourth-order valence-corrected chi connectivity index (χ4v) is 5.61. The minimum absolute atomic E-state index is 0.0190. The van der Waals surface area contributed by atoms with Crippen LogP contribution in [-0.4, -0.2) is 50.2 Å². The molecule has 0 bridgehead atoms. The average Bonchev–Trinajstić information content (AvgIpc) is 2.73. The molecule has 0 aromatic heterocycles. The molecule has 1 heterocycles. The Bertz CT molecular complexity index is 989. The van der Waals surface area contributed by atoms with E-state index in [0.717, 1.165) is 36.9 Å². The highest BCUT2D eigenvalue weighted by molar-refractivity contribution is 7.89. The maximum atomic E-state index is 13.1. The Hall–Kier alpha value is -2.22. The van der Waals surface area contributed by atoms with Crippen molar-refractivity contribution in [3.63, 3.8) is 0 Å². The molecule has 1 saturated heterocycles. The van der Waals surface area contributed by atoms with Gasteiger partial charge in [-0.2, -0.15) is 4.31 Å². The number of amides is 1. The van der Waals surface area contributed by atoms with E-state index in [9.17, 15) is 13.2 Å². The molecule has 0 aliphatic carbocycles. The minimum Gasteiger partial charge on any atom is -0.348 e. The number of carbonyl (C=O) groups excluding carboxylic acids is 1. The van der Waals surface area contributed by atoms with Crippen molar-refractivity contribution >= 4 is 15.9 Å². The Morgan fingerprint density at radius 1 is 1.10 bits per heavy atom. The van der Waals surface area contributed by atoms with Crippen LogP contribution in [0, 0.1) is 0 Å². The fraction of sp³-hybridized carbons (Fsp3) is 0.435. The van der Waals surface area contributed by atoms with Gasteiger partial charge in [0.25, 0.3) is 5.91 Å². The van der Waals surface area contributed by atoms with Crippen molar-refractivity contribution in [2.75, 3.05) is 20.6 Å². The first kappa shape index (κ1) is 22.5. The van der Waals surface area contributed by atoms with Crippen LogP contribution in [0.15, 0.2) is 53.4 Å². The molecule has 0 saturated carbocycles. The van der Waals surface area contributed by atoms with Crippen LogP contribution in [0.25, 0.3) is 0 Å². The molecule has 30 heavy (non-hydrogen) atoms. The SMILES string of the molecule is C[C@@H]1CCCCN1S(=O)(=O)c1cccc(C(=O)NCc2ccccc2CN(C)C)c1. The van der Waals surface area contributed by atoms with Crippen LogP contribution in [0.2, 0.25) is 0 Å². The maximum absolute atomic E-state index is 13.1. The third-order valence-corrected chi connectivity index (χ3v) is 7.50. The van der Waals surface area contributed by atoms with Gasteiger partial charge in [-0.3, -0.25) is 4.79 Å². The molecule has 2 aromatic rings. The summed E-state index contributed by atoms with van der Waals surface area (Å²) in [5, 5.41) is 2.93. The van der Waals surface area contributed by atoms with Gasteiger partial charge in [-0.25, -0.2) is 8.42 Å². The van der Waals surface area contributed by atoms with Gasteiger partial charge in [0.15, 0.2) is 0 Å². The van der Waals surface area contributed by atoms with E-state index in [1.807, 2.05) is 39.2 Å². The number of benzene rings is 2. The zero-order chi connectivity index (χ0) is 21.7. The predicted octanol–water partition coefficient (Wildman–Crippen LogP) is 3.24. The molecule has 0 unspecified atom stereocenters. The third kappa shape index (κ3) is 5.28. The predicted molar refractivity (Wildman–Crippen MR) is 119 cm³/mol. The molecule has 1 aliphatic rings. The number of hydrogen-bond donors (Lipinski definition) is 1. The quantitative estimate of drug-likeness (QED) is 0.734. The molecule has 0 radical (unpaired) electrons. The molecular weight excluding hydrogens is 398 g/mol. The van der Waals surface area contributed by atoms with E-state index in [-0.39, 0.29) is 16.8 Å². The molecule has 1 aliphatic heterocycles. The first-order valence-electron chi connectivity index (χ1n) is 10.4. The zero-order valence-electron chi connectivity index (χ0n) is 18.0. The van der Waals surface area contributed by atoms with Gasteiger partial charge in [0.2, 0.25) is 10.0 Å². The van der Waals surface area contributed by atoms with Crippen LogP contribution in [0.3, 0.4) is 0 Å². The molecule has 1 amide bonds. The first-order valence-corrected chi connectivity index (χ1v) is 11.8. The Kier molecular flexibility index (Phi) is 7.28. The monoisotopic (exact) mass is 429 g/mol. The number of piperidine rings is 1. The Morgan fingerprint density at radius 3 is 2.53 bits per heavy atom. The highest BCUT2D eigenvalue weighted by Crippen LogP contribution is 2.25. The second-order valence-electron chi connectivity index (χ2n) is 8.18. The second-order valence-corrected chi connectivity index (χ2v) is 10.1. The summed E-state index contributed by atoms with van der Waals surface area (Å²) >= 11 is 0. The highest BCUT2D eigenvalue weighted by Gasteiger charge is 2.31. The Morgan fingerprint density at radius 2 is 1.83 bits per heavy atom. The number of sulfonamides is 1. The lowest BCUT2D eigenvalue weighted by molar-refractivity contribution is 0.0950. The molecule has 7 heteroatoms. The standard InChI is InChI=1S/C23H31N3O3S/c1-18-9-6-7-14-26(18)30(28,29)22-13-8-12-19(15-22)23(27)24-16-20-10-4-5-11-21(20)17-25(2)3/h4-5,8,10-13,15,18H,6-7,9,14,16-17H2,1-3H3,(H,24,27)/t18-/m1/s1. The topological polar surface area (TPSA) is 69.7 Å². The van der Waals surface area contributed by atoms with Crippen molar-refractivity contribution < 1.29 is 13.2 Å². The molecule has 1 fully saturated rings. The van der Waals surface area contributed by atoms with Gasteiger partial charge < -0.3 is 10.2 Å². The molecule has 6 nitrogen and oxygen atoms in total. The maximum Gasteiger partial charge on any atom is 0.251 e. The summed E-state index contributed by atoms with van der Waals surface area (Å²) in [5.41, 5.74) is 2.55. The van der Waals surface area contributed by atoms with E-state index in [1.165, 1.54) is 6.07 Å². The van der Waals surface area contributed by atoms with Crippen LogP contribution < -0.4 is 5.32 Å². The summed E-state index contributed by atoms with van der Waals surface area (Å²) in [5.74, 6) is -0.279. The smallest absolute Gasteiger partial charge is 0.251 e. The summed E-state index contributed by atoms with van der Waals surface area (Å²) in [4.78, 5) is 15.0. The minimum atomic E-state index is -3.61. The Labute approximate surface area is 179 Å². The van der Waals surface area contributed by atoms with Crippen molar-refractivity contribution in [2.24, 2.45) is 0 Å². The van der Waals surface area contributed by atoms with Crippen LogP contribution in [0.1, 0.15) is 47.7 Å². The molecule has 1 N–H and O–H groups in total. The van der Waals surface area contributed by atoms with E-state index >= 15 is 0 Å². The summed E-state index contributed by atoms with van der Waals surface area (Å²) in [6.07, 6.45) is 2.78. The highest BCUT2D eigenvalue weighted by atomic mass is 32.2. The van der Waals surface area contributed by atoms with Crippen LogP contribution >= 0.6 is 0 Å². The van der Waals surface area contributed by atoms with Crippen LogP contribution in [-0.2, 0) is 23.1 Å². The normalized spacial score (nSPS) is 17.8. The van der Waals surface area contributed by atoms with E-state index in [4.69, 9.17) is 0 Å². The second kappa shape index (κ2) is 9.73. The average molecular weight is 430 g/mol. The van der Waals surface area contributed by atoms with Crippen LogP contribution in [0.5, 0.6) is 0 Å². The van der Waals surface area contributed by atoms with Gasteiger partial charge in [0, 0.05) is 31.2 Å². The number of hydrogen-bond acceptors (Lipinski definition) is 4. The number of rotatable bonds is 7.